The molecule has 0 unspecified atom stereocenters. The molecule has 3 rings (SSSR count). The van der Waals surface area contributed by atoms with Crippen LogP contribution in [0.4, 0.5) is 0 Å². The number of amides is 1. The second-order valence-corrected chi connectivity index (χ2v) is 7.57. The molecular weight excluding hydrogens is 348 g/mol. The highest BCUT2D eigenvalue weighted by molar-refractivity contribution is 5.79. The number of aliphatic hydroxyl groups is 1. The molecular formula is C19H32N4O4. The molecule has 1 aromatic rings. The minimum atomic E-state index is -0.348. The van der Waals surface area contributed by atoms with Crippen LogP contribution in [0.3, 0.4) is 0 Å². The van der Waals surface area contributed by atoms with Crippen LogP contribution >= 0.6 is 0 Å². The summed E-state index contributed by atoms with van der Waals surface area (Å²) < 4.78 is 13.2. The third-order valence-corrected chi connectivity index (χ3v) is 5.49. The Bertz CT molecular complexity index is 588. The van der Waals surface area contributed by atoms with Crippen molar-refractivity contribution in [3.63, 3.8) is 0 Å². The fourth-order valence-corrected chi connectivity index (χ4v) is 3.86. The smallest absolute Gasteiger partial charge is 0.223 e. The lowest BCUT2D eigenvalue weighted by molar-refractivity contribution is -0.134. The van der Waals surface area contributed by atoms with Crippen LogP contribution < -0.4 is 5.32 Å². The van der Waals surface area contributed by atoms with Gasteiger partial charge in [-0.15, -0.1) is 5.10 Å². The molecule has 0 saturated carbocycles. The molecule has 0 radical (unpaired) electrons. The number of ether oxygens (including phenoxy) is 2. The Morgan fingerprint density at radius 1 is 1.33 bits per heavy atom. The average molecular weight is 380 g/mol. The number of aryl methyl sites for hydroxylation is 2. The predicted molar refractivity (Wildman–Crippen MR) is 99.1 cm³/mol. The maximum atomic E-state index is 12.5. The fraction of sp³-hybridized carbons (Fsp3) is 0.842. The van der Waals surface area contributed by atoms with E-state index in [1.807, 2.05) is 10.9 Å². The summed E-state index contributed by atoms with van der Waals surface area (Å²) in [5.74, 6) is 0.0790. The molecule has 152 valence electrons. The first-order chi connectivity index (χ1) is 13.2. The minimum absolute atomic E-state index is 0.0143. The molecule has 8 heteroatoms. The van der Waals surface area contributed by atoms with Crippen LogP contribution in [0.1, 0.15) is 51.1 Å². The Labute approximate surface area is 160 Å². The molecule has 2 saturated heterocycles. The number of carbonyl (C=O) groups excluding carboxylic acids is 1. The van der Waals surface area contributed by atoms with Gasteiger partial charge in [0.25, 0.3) is 0 Å². The van der Waals surface area contributed by atoms with Gasteiger partial charge in [-0.2, -0.15) is 0 Å². The van der Waals surface area contributed by atoms with Crippen molar-refractivity contribution in [2.75, 3.05) is 19.8 Å². The van der Waals surface area contributed by atoms with E-state index in [-0.39, 0.29) is 36.7 Å². The standard InChI is InChI=1S/C19H32N4O4/c1-2-3-15-12-23(22-21-15)9-6-16-4-5-17(18(13-24)27-16)20-19(25)14-7-10-26-11-8-14/h12,14,16-18,24H,2-11,13H2,1H3,(H,20,25)/t16-,17-,18-/m0/s1. The van der Waals surface area contributed by atoms with Crippen LogP contribution in [-0.4, -0.2) is 64.1 Å². The van der Waals surface area contributed by atoms with Crippen LogP contribution in [0.5, 0.6) is 0 Å². The summed E-state index contributed by atoms with van der Waals surface area (Å²) in [6, 6.07) is -0.121. The highest BCUT2D eigenvalue weighted by atomic mass is 16.5. The van der Waals surface area contributed by atoms with Crippen molar-refractivity contribution in [1.29, 1.82) is 0 Å². The molecule has 0 spiro atoms. The lowest BCUT2D eigenvalue weighted by atomic mass is 9.94. The summed E-state index contributed by atoms with van der Waals surface area (Å²) in [6.07, 6.45) is 7.77. The molecule has 2 aliphatic heterocycles. The van der Waals surface area contributed by atoms with Crippen molar-refractivity contribution in [1.82, 2.24) is 20.3 Å². The first-order valence-corrected chi connectivity index (χ1v) is 10.2. The van der Waals surface area contributed by atoms with Gasteiger partial charge in [-0.1, -0.05) is 18.6 Å². The molecule has 0 aliphatic carbocycles. The SMILES string of the molecule is CCCc1cn(CC[C@@H]2CC[C@H](NC(=O)C3CCOCC3)[C@H](CO)O2)nn1. The van der Waals surface area contributed by atoms with E-state index < -0.39 is 0 Å². The predicted octanol–water partition coefficient (Wildman–Crippen LogP) is 1.07. The zero-order valence-electron chi connectivity index (χ0n) is 16.2. The highest BCUT2D eigenvalue weighted by Crippen LogP contribution is 2.23. The van der Waals surface area contributed by atoms with Crippen LogP contribution in [-0.2, 0) is 27.2 Å². The zero-order valence-corrected chi connectivity index (χ0v) is 16.2. The largest absolute Gasteiger partial charge is 0.394 e. The average Bonchev–Trinajstić information content (AvgIpc) is 3.15. The summed E-state index contributed by atoms with van der Waals surface area (Å²) in [7, 11) is 0. The number of aliphatic hydroxyl groups excluding tert-OH is 1. The van der Waals surface area contributed by atoms with Gasteiger partial charge in [0.05, 0.1) is 24.4 Å². The topological polar surface area (TPSA) is 98.5 Å². The Kier molecular flexibility index (Phi) is 7.60. The molecule has 1 aromatic heterocycles. The van der Waals surface area contributed by atoms with E-state index in [2.05, 4.69) is 22.6 Å². The van der Waals surface area contributed by atoms with Gasteiger partial charge >= 0.3 is 0 Å². The molecule has 27 heavy (non-hydrogen) atoms. The van der Waals surface area contributed by atoms with Crippen LogP contribution in [0.25, 0.3) is 0 Å². The molecule has 1 amide bonds. The van der Waals surface area contributed by atoms with Gasteiger partial charge in [0.15, 0.2) is 0 Å². The Morgan fingerprint density at radius 2 is 2.15 bits per heavy atom. The maximum absolute atomic E-state index is 12.5. The van der Waals surface area contributed by atoms with Gasteiger partial charge in [-0.3, -0.25) is 9.48 Å². The Hall–Kier alpha value is -1.51. The van der Waals surface area contributed by atoms with Crippen LogP contribution in [0.2, 0.25) is 0 Å². The van der Waals surface area contributed by atoms with Crippen LogP contribution in [0, 0.1) is 5.92 Å². The molecule has 0 bridgehead atoms. The van der Waals surface area contributed by atoms with E-state index in [9.17, 15) is 9.90 Å². The monoisotopic (exact) mass is 380 g/mol. The van der Waals surface area contributed by atoms with Crippen molar-refractivity contribution in [2.45, 2.75) is 76.7 Å². The summed E-state index contributed by atoms with van der Waals surface area (Å²) in [5.41, 5.74) is 1.02. The molecule has 2 aliphatic rings. The van der Waals surface area contributed by atoms with Crippen molar-refractivity contribution < 1.29 is 19.4 Å². The quantitative estimate of drug-likeness (QED) is 0.700. The summed E-state index contributed by atoms with van der Waals surface area (Å²) in [6.45, 7) is 4.08. The number of aromatic nitrogens is 3. The lowest BCUT2D eigenvalue weighted by Crippen LogP contribution is -2.52. The van der Waals surface area contributed by atoms with Crippen molar-refractivity contribution in [2.24, 2.45) is 5.92 Å². The van der Waals surface area contributed by atoms with Gasteiger partial charge in [0, 0.05) is 31.9 Å². The molecule has 3 atom stereocenters. The van der Waals surface area contributed by atoms with Crippen LogP contribution in [0.15, 0.2) is 6.20 Å². The van der Waals surface area contributed by atoms with Gasteiger partial charge in [0.1, 0.15) is 6.10 Å². The van der Waals surface area contributed by atoms with E-state index in [1.165, 1.54) is 0 Å². The number of hydrogen-bond donors (Lipinski definition) is 2. The first-order valence-electron chi connectivity index (χ1n) is 10.2. The normalized spacial score (nSPS) is 26.8. The number of carbonyl (C=O) groups is 1. The van der Waals surface area contributed by atoms with E-state index in [1.54, 1.807) is 0 Å². The second-order valence-electron chi connectivity index (χ2n) is 7.57. The summed E-state index contributed by atoms with van der Waals surface area (Å²) in [5, 5.41) is 21.1. The minimum Gasteiger partial charge on any atom is -0.394 e. The third kappa shape index (κ3) is 5.73. The highest BCUT2D eigenvalue weighted by Gasteiger charge is 2.33. The molecule has 2 fully saturated rings. The van der Waals surface area contributed by atoms with Gasteiger partial charge < -0.3 is 19.9 Å². The zero-order chi connectivity index (χ0) is 19.1. The van der Waals surface area contributed by atoms with Gasteiger partial charge in [0.2, 0.25) is 5.91 Å². The summed E-state index contributed by atoms with van der Waals surface area (Å²) in [4.78, 5) is 12.5. The summed E-state index contributed by atoms with van der Waals surface area (Å²) >= 11 is 0. The number of nitrogens with one attached hydrogen (secondary N) is 1. The Balaban J connectivity index is 1.44. The van der Waals surface area contributed by atoms with E-state index in [4.69, 9.17) is 9.47 Å². The number of hydrogen-bond acceptors (Lipinski definition) is 6. The maximum Gasteiger partial charge on any atom is 0.223 e. The lowest BCUT2D eigenvalue weighted by Gasteiger charge is -2.37. The van der Waals surface area contributed by atoms with Crippen molar-refractivity contribution in [3.8, 4) is 0 Å². The first kappa shape index (κ1) is 20.2. The third-order valence-electron chi connectivity index (χ3n) is 5.49. The second kappa shape index (κ2) is 10.1. The number of rotatable bonds is 8. The fourth-order valence-electron chi connectivity index (χ4n) is 3.86. The Morgan fingerprint density at radius 3 is 2.89 bits per heavy atom. The number of nitrogens with zero attached hydrogens (tertiary/aromatic N) is 3. The van der Waals surface area contributed by atoms with E-state index in [0.29, 0.717) is 13.2 Å². The van der Waals surface area contributed by atoms with Gasteiger partial charge in [-0.05, 0) is 38.5 Å². The van der Waals surface area contributed by atoms with E-state index in [0.717, 1.165) is 57.2 Å². The molecule has 2 N–H and O–H groups in total. The van der Waals surface area contributed by atoms with Crippen molar-refractivity contribution >= 4 is 5.91 Å². The molecule has 8 nitrogen and oxygen atoms in total. The van der Waals surface area contributed by atoms with E-state index >= 15 is 0 Å². The van der Waals surface area contributed by atoms with Crippen molar-refractivity contribution in [3.05, 3.63) is 11.9 Å². The van der Waals surface area contributed by atoms with Gasteiger partial charge in [-0.25, -0.2) is 0 Å². The molecule has 0 aromatic carbocycles. The molecule has 3 heterocycles.